The van der Waals surface area contributed by atoms with Crippen molar-refractivity contribution < 1.29 is 33.7 Å². The number of aryl methyl sites for hydroxylation is 1. The molecule has 1 aromatic rings. The standard InChI is InChI=1S/C18H24N2O7/c1-5-25-16(22)11-8-19(4)13-10-20(18(24)27-7-3)9-12(15(21)14(11)13)17(23)26-6-2/h8,21H,5-7,9-10H2,1-4H3. The van der Waals surface area contributed by atoms with Crippen LogP contribution in [0.15, 0.2) is 11.8 Å². The number of hydrogen-bond acceptors (Lipinski definition) is 7. The number of aliphatic hydroxyl groups excluding tert-OH is 1. The summed E-state index contributed by atoms with van der Waals surface area (Å²) in [6.07, 6.45) is 0.856. The van der Waals surface area contributed by atoms with Crippen molar-refractivity contribution in [2.45, 2.75) is 27.3 Å². The number of carbonyl (C=O) groups is 3. The van der Waals surface area contributed by atoms with Gasteiger partial charge in [0.25, 0.3) is 0 Å². The minimum atomic E-state index is -0.768. The number of carbonyl (C=O) groups excluding carboxylic acids is 3. The summed E-state index contributed by atoms with van der Waals surface area (Å²) in [7, 11) is 1.67. The summed E-state index contributed by atoms with van der Waals surface area (Å²) in [5.41, 5.74) is 0.619. The Morgan fingerprint density at radius 2 is 1.59 bits per heavy atom. The number of amides is 1. The highest BCUT2D eigenvalue weighted by Gasteiger charge is 2.34. The van der Waals surface area contributed by atoms with E-state index in [-0.39, 0.29) is 49.6 Å². The first-order valence-corrected chi connectivity index (χ1v) is 8.72. The number of aromatic nitrogens is 1. The van der Waals surface area contributed by atoms with Gasteiger partial charge in [-0.15, -0.1) is 0 Å². The predicted molar refractivity (Wildman–Crippen MR) is 95.0 cm³/mol. The number of hydrogen-bond donors (Lipinski definition) is 1. The molecule has 0 spiro atoms. The van der Waals surface area contributed by atoms with Crippen LogP contribution >= 0.6 is 0 Å². The molecule has 0 saturated carbocycles. The lowest BCUT2D eigenvalue weighted by Crippen LogP contribution is -2.34. The Morgan fingerprint density at radius 3 is 2.19 bits per heavy atom. The first-order valence-electron chi connectivity index (χ1n) is 8.72. The summed E-state index contributed by atoms with van der Waals surface area (Å²) < 4.78 is 16.7. The molecular formula is C18H24N2O7. The summed E-state index contributed by atoms with van der Waals surface area (Å²) in [6.45, 7) is 5.22. The van der Waals surface area contributed by atoms with E-state index >= 15 is 0 Å². The normalized spacial score (nSPS) is 13.7. The third kappa shape index (κ3) is 4.07. The van der Waals surface area contributed by atoms with E-state index in [2.05, 4.69) is 0 Å². The maximum absolute atomic E-state index is 12.4. The van der Waals surface area contributed by atoms with Crippen molar-refractivity contribution in [3.05, 3.63) is 28.6 Å². The fourth-order valence-electron chi connectivity index (χ4n) is 2.86. The van der Waals surface area contributed by atoms with E-state index in [9.17, 15) is 19.5 Å². The molecule has 0 unspecified atom stereocenters. The quantitative estimate of drug-likeness (QED) is 0.615. The largest absolute Gasteiger partial charge is 0.507 e. The summed E-state index contributed by atoms with van der Waals surface area (Å²) in [5.74, 6) is -1.80. The first-order chi connectivity index (χ1) is 12.8. The second-order valence-electron chi connectivity index (χ2n) is 5.80. The Bertz CT molecular complexity index is 779. The highest BCUT2D eigenvalue weighted by atomic mass is 16.6. The van der Waals surface area contributed by atoms with Gasteiger partial charge in [-0.05, 0) is 20.8 Å². The number of fused-ring (bicyclic) bond motifs is 1. The van der Waals surface area contributed by atoms with Crippen LogP contribution in [0, 0.1) is 0 Å². The van der Waals surface area contributed by atoms with E-state index in [1.54, 1.807) is 32.4 Å². The molecule has 2 heterocycles. The lowest BCUT2D eigenvalue weighted by Gasteiger charge is -2.21. The Balaban J connectivity index is 2.63. The van der Waals surface area contributed by atoms with Crippen LogP contribution in [0.5, 0.6) is 0 Å². The molecule has 2 rings (SSSR count). The second kappa shape index (κ2) is 8.61. The Morgan fingerprint density at radius 1 is 1.00 bits per heavy atom. The van der Waals surface area contributed by atoms with Gasteiger partial charge in [0.05, 0.1) is 49.6 Å². The zero-order chi connectivity index (χ0) is 20.1. The van der Waals surface area contributed by atoms with Gasteiger partial charge in [-0.25, -0.2) is 14.4 Å². The number of rotatable bonds is 5. The molecule has 0 radical (unpaired) electrons. The molecule has 148 valence electrons. The van der Waals surface area contributed by atoms with Crippen LogP contribution in [0.4, 0.5) is 4.79 Å². The third-order valence-electron chi connectivity index (χ3n) is 4.06. The van der Waals surface area contributed by atoms with Gasteiger partial charge < -0.3 is 23.9 Å². The molecule has 0 aliphatic carbocycles. The lowest BCUT2D eigenvalue weighted by atomic mass is 10.1. The van der Waals surface area contributed by atoms with Crippen molar-refractivity contribution in [3.63, 3.8) is 0 Å². The minimum absolute atomic E-state index is 0.0387. The molecule has 1 aliphatic rings. The smallest absolute Gasteiger partial charge is 0.410 e. The lowest BCUT2D eigenvalue weighted by molar-refractivity contribution is -0.138. The summed E-state index contributed by atoms with van der Waals surface area (Å²) >= 11 is 0. The highest BCUT2D eigenvalue weighted by Crippen LogP contribution is 2.32. The molecule has 0 aromatic carbocycles. The van der Waals surface area contributed by atoms with Crippen LogP contribution in [0.3, 0.4) is 0 Å². The van der Waals surface area contributed by atoms with Crippen LogP contribution in [0.2, 0.25) is 0 Å². The highest BCUT2D eigenvalue weighted by molar-refractivity contribution is 6.02. The van der Waals surface area contributed by atoms with Gasteiger partial charge in [0.2, 0.25) is 0 Å². The van der Waals surface area contributed by atoms with E-state index in [1.165, 1.54) is 11.1 Å². The molecule has 27 heavy (non-hydrogen) atoms. The topological polar surface area (TPSA) is 107 Å². The number of nitrogens with zero attached hydrogens (tertiary/aromatic N) is 2. The van der Waals surface area contributed by atoms with Crippen LogP contribution in [-0.2, 0) is 32.6 Å². The average molecular weight is 380 g/mol. The van der Waals surface area contributed by atoms with E-state index in [4.69, 9.17) is 14.2 Å². The molecular weight excluding hydrogens is 356 g/mol. The van der Waals surface area contributed by atoms with Crippen LogP contribution in [0.25, 0.3) is 5.76 Å². The Labute approximate surface area is 157 Å². The van der Waals surface area contributed by atoms with E-state index < -0.39 is 23.8 Å². The van der Waals surface area contributed by atoms with Crippen molar-refractivity contribution in [1.82, 2.24) is 9.47 Å². The zero-order valence-electron chi connectivity index (χ0n) is 15.9. The maximum atomic E-state index is 12.4. The van der Waals surface area contributed by atoms with Crippen LogP contribution in [0.1, 0.15) is 42.4 Å². The molecule has 0 atom stereocenters. The van der Waals surface area contributed by atoms with Crippen molar-refractivity contribution in [2.24, 2.45) is 7.05 Å². The summed E-state index contributed by atoms with van der Waals surface area (Å²) in [6, 6.07) is 0. The van der Waals surface area contributed by atoms with Gasteiger partial charge in [0.1, 0.15) is 5.76 Å². The molecule has 0 saturated heterocycles. The van der Waals surface area contributed by atoms with E-state index in [1.807, 2.05) is 0 Å². The molecule has 1 amide bonds. The van der Waals surface area contributed by atoms with E-state index in [0.717, 1.165) is 0 Å². The number of aliphatic hydroxyl groups is 1. The predicted octanol–water partition coefficient (Wildman–Crippen LogP) is 2.01. The molecule has 0 bridgehead atoms. The van der Waals surface area contributed by atoms with E-state index in [0.29, 0.717) is 5.69 Å². The van der Waals surface area contributed by atoms with Crippen LogP contribution in [-0.4, -0.2) is 59.0 Å². The zero-order valence-corrected chi connectivity index (χ0v) is 15.9. The molecule has 9 nitrogen and oxygen atoms in total. The summed E-state index contributed by atoms with van der Waals surface area (Å²) in [4.78, 5) is 38.3. The van der Waals surface area contributed by atoms with Gasteiger partial charge in [0.15, 0.2) is 0 Å². The van der Waals surface area contributed by atoms with Crippen molar-refractivity contribution >= 4 is 23.8 Å². The van der Waals surface area contributed by atoms with Gasteiger partial charge in [0, 0.05) is 18.9 Å². The average Bonchev–Trinajstić information content (AvgIpc) is 2.85. The molecule has 1 aromatic heterocycles. The minimum Gasteiger partial charge on any atom is -0.507 e. The van der Waals surface area contributed by atoms with Crippen molar-refractivity contribution in [3.8, 4) is 0 Å². The van der Waals surface area contributed by atoms with Gasteiger partial charge in [-0.3, -0.25) is 4.90 Å². The Kier molecular flexibility index (Phi) is 6.49. The molecule has 0 fully saturated rings. The second-order valence-corrected chi connectivity index (χ2v) is 5.80. The fourth-order valence-corrected chi connectivity index (χ4v) is 2.86. The number of esters is 2. The van der Waals surface area contributed by atoms with Crippen molar-refractivity contribution in [2.75, 3.05) is 26.4 Å². The van der Waals surface area contributed by atoms with Gasteiger partial charge in [-0.1, -0.05) is 0 Å². The molecule has 1 N–H and O–H groups in total. The Hall–Kier alpha value is -2.97. The SMILES string of the molecule is CCOC(=O)C1=C(O)c2c(C(=O)OCC)cn(C)c2CN(C(=O)OCC)C1. The van der Waals surface area contributed by atoms with Gasteiger partial charge >= 0.3 is 18.0 Å². The maximum Gasteiger partial charge on any atom is 0.410 e. The molecule has 9 heteroatoms. The third-order valence-corrected chi connectivity index (χ3v) is 4.06. The van der Waals surface area contributed by atoms with Crippen LogP contribution < -0.4 is 0 Å². The van der Waals surface area contributed by atoms with Gasteiger partial charge in [-0.2, -0.15) is 0 Å². The summed E-state index contributed by atoms with van der Waals surface area (Å²) in [5, 5.41) is 10.8. The molecule has 1 aliphatic heterocycles. The number of ether oxygens (including phenoxy) is 3. The first kappa shape index (κ1) is 20.3. The fraction of sp³-hybridized carbons (Fsp3) is 0.500. The van der Waals surface area contributed by atoms with Crippen molar-refractivity contribution in [1.29, 1.82) is 0 Å². The monoisotopic (exact) mass is 380 g/mol.